The summed E-state index contributed by atoms with van der Waals surface area (Å²) >= 11 is 0. The highest BCUT2D eigenvalue weighted by atomic mass is 16.5. The Morgan fingerprint density at radius 1 is 0.923 bits per heavy atom. The number of hydrogen-bond acceptors (Lipinski definition) is 3. The Hall–Kier alpha value is -2.69. The lowest BCUT2D eigenvalue weighted by Crippen LogP contribution is -2.37. The quantitative estimate of drug-likeness (QED) is 0.411. The molecule has 0 saturated heterocycles. The van der Waals surface area contributed by atoms with Crippen molar-refractivity contribution in [2.75, 3.05) is 27.3 Å². The predicted molar refractivity (Wildman–Crippen MR) is 107 cm³/mol. The van der Waals surface area contributed by atoms with Crippen LogP contribution in [0.2, 0.25) is 0 Å². The zero-order valence-corrected chi connectivity index (χ0v) is 15.9. The number of methoxy groups -OCH3 is 2. The molecule has 0 amide bonds. The van der Waals surface area contributed by atoms with Gasteiger partial charge in [0.05, 0.1) is 20.8 Å². The number of nitrogens with one attached hydrogen (secondary N) is 2. The van der Waals surface area contributed by atoms with Crippen LogP contribution in [0, 0.1) is 0 Å². The number of aliphatic imine (C=N–C) groups is 1. The largest absolute Gasteiger partial charge is 0.497 e. The third kappa shape index (κ3) is 6.67. The second-order valence-electron chi connectivity index (χ2n) is 5.93. The number of rotatable bonds is 9. The zero-order chi connectivity index (χ0) is 18.6. The molecule has 0 atom stereocenters. The van der Waals surface area contributed by atoms with E-state index in [9.17, 15) is 0 Å². The van der Waals surface area contributed by atoms with E-state index in [4.69, 9.17) is 9.47 Å². The van der Waals surface area contributed by atoms with E-state index >= 15 is 0 Å². The van der Waals surface area contributed by atoms with Crippen LogP contribution in [-0.2, 0) is 13.0 Å². The third-order valence-corrected chi connectivity index (χ3v) is 3.99. The van der Waals surface area contributed by atoms with E-state index in [1.54, 1.807) is 14.2 Å². The summed E-state index contributed by atoms with van der Waals surface area (Å²) in [7, 11) is 3.36. The van der Waals surface area contributed by atoms with E-state index < -0.39 is 0 Å². The third-order valence-electron chi connectivity index (χ3n) is 3.99. The molecule has 0 aromatic heterocycles. The van der Waals surface area contributed by atoms with Crippen LogP contribution in [0.5, 0.6) is 11.5 Å². The maximum atomic E-state index is 5.26. The topological polar surface area (TPSA) is 54.9 Å². The first kappa shape index (κ1) is 19.6. The van der Waals surface area contributed by atoms with E-state index in [0.29, 0.717) is 6.54 Å². The van der Waals surface area contributed by atoms with Gasteiger partial charge in [-0.1, -0.05) is 24.3 Å². The van der Waals surface area contributed by atoms with Crippen LogP contribution in [0.25, 0.3) is 0 Å². The van der Waals surface area contributed by atoms with Crippen LogP contribution >= 0.6 is 0 Å². The van der Waals surface area contributed by atoms with Crippen LogP contribution in [-0.4, -0.2) is 33.3 Å². The van der Waals surface area contributed by atoms with Gasteiger partial charge in [0.25, 0.3) is 0 Å². The van der Waals surface area contributed by atoms with Gasteiger partial charge in [-0.3, -0.25) is 0 Å². The average Bonchev–Trinajstić information content (AvgIpc) is 2.69. The van der Waals surface area contributed by atoms with Gasteiger partial charge in [-0.2, -0.15) is 0 Å². The SMILES string of the molecule is CCNC(=NCc1cccc(OC)c1)NCCCc1ccc(OC)cc1. The summed E-state index contributed by atoms with van der Waals surface area (Å²) < 4.78 is 10.4. The average molecular weight is 355 g/mol. The van der Waals surface area contributed by atoms with Crippen molar-refractivity contribution >= 4 is 5.96 Å². The van der Waals surface area contributed by atoms with E-state index in [1.807, 2.05) is 30.3 Å². The molecular weight excluding hydrogens is 326 g/mol. The van der Waals surface area contributed by atoms with E-state index in [-0.39, 0.29) is 0 Å². The van der Waals surface area contributed by atoms with Crippen LogP contribution in [0.4, 0.5) is 0 Å². The van der Waals surface area contributed by atoms with Crippen LogP contribution in [0.15, 0.2) is 53.5 Å². The fourth-order valence-corrected chi connectivity index (χ4v) is 2.57. The van der Waals surface area contributed by atoms with Crippen molar-refractivity contribution < 1.29 is 9.47 Å². The zero-order valence-electron chi connectivity index (χ0n) is 15.9. The number of benzene rings is 2. The predicted octanol–water partition coefficient (Wildman–Crippen LogP) is 3.39. The van der Waals surface area contributed by atoms with Gasteiger partial charge in [-0.05, 0) is 55.2 Å². The molecule has 5 nitrogen and oxygen atoms in total. The molecule has 2 aromatic carbocycles. The smallest absolute Gasteiger partial charge is 0.191 e. The monoisotopic (exact) mass is 355 g/mol. The molecule has 0 saturated carbocycles. The summed E-state index contributed by atoms with van der Waals surface area (Å²) in [4.78, 5) is 4.65. The molecule has 0 unspecified atom stereocenters. The van der Waals surface area contributed by atoms with Crippen LogP contribution in [0.1, 0.15) is 24.5 Å². The maximum absolute atomic E-state index is 5.26. The van der Waals surface area contributed by atoms with Gasteiger partial charge in [0.1, 0.15) is 11.5 Å². The summed E-state index contributed by atoms with van der Waals surface area (Å²) in [6.07, 6.45) is 2.06. The molecule has 2 N–H and O–H groups in total. The first-order valence-electron chi connectivity index (χ1n) is 9.03. The van der Waals surface area contributed by atoms with Gasteiger partial charge in [0.2, 0.25) is 0 Å². The summed E-state index contributed by atoms with van der Waals surface area (Å²) in [5.41, 5.74) is 2.44. The number of aryl methyl sites for hydroxylation is 1. The van der Waals surface area contributed by atoms with E-state index in [1.165, 1.54) is 5.56 Å². The second-order valence-corrected chi connectivity index (χ2v) is 5.93. The van der Waals surface area contributed by atoms with Crippen molar-refractivity contribution in [1.82, 2.24) is 10.6 Å². The Labute approximate surface area is 156 Å². The van der Waals surface area contributed by atoms with Crippen molar-refractivity contribution in [3.8, 4) is 11.5 Å². The lowest BCUT2D eigenvalue weighted by Gasteiger charge is -2.11. The van der Waals surface area contributed by atoms with Crippen molar-refractivity contribution in [2.45, 2.75) is 26.3 Å². The lowest BCUT2D eigenvalue weighted by atomic mass is 10.1. The fraction of sp³-hybridized carbons (Fsp3) is 0.381. The van der Waals surface area contributed by atoms with Crippen molar-refractivity contribution in [2.24, 2.45) is 4.99 Å². The number of nitrogens with zero attached hydrogens (tertiary/aromatic N) is 1. The molecule has 26 heavy (non-hydrogen) atoms. The Bertz CT molecular complexity index is 684. The Morgan fingerprint density at radius 2 is 1.69 bits per heavy atom. The Morgan fingerprint density at radius 3 is 2.38 bits per heavy atom. The molecule has 0 aliphatic carbocycles. The molecule has 2 rings (SSSR count). The maximum Gasteiger partial charge on any atom is 0.191 e. The summed E-state index contributed by atoms with van der Waals surface area (Å²) in [6, 6.07) is 16.2. The second kappa shape index (κ2) is 11.0. The molecule has 0 bridgehead atoms. The highest BCUT2D eigenvalue weighted by Crippen LogP contribution is 2.13. The molecule has 0 aliphatic heterocycles. The van der Waals surface area contributed by atoms with E-state index in [2.05, 4.69) is 40.7 Å². The van der Waals surface area contributed by atoms with Gasteiger partial charge >= 0.3 is 0 Å². The van der Waals surface area contributed by atoms with Crippen molar-refractivity contribution in [1.29, 1.82) is 0 Å². The Kier molecular flexibility index (Phi) is 8.33. The molecule has 5 heteroatoms. The minimum absolute atomic E-state index is 0.616. The lowest BCUT2D eigenvalue weighted by molar-refractivity contribution is 0.414. The Balaban J connectivity index is 1.80. The van der Waals surface area contributed by atoms with Gasteiger partial charge in [-0.25, -0.2) is 4.99 Å². The first-order chi connectivity index (χ1) is 12.7. The van der Waals surface area contributed by atoms with Crippen LogP contribution in [0.3, 0.4) is 0 Å². The highest BCUT2D eigenvalue weighted by molar-refractivity contribution is 5.79. The van der Waals surface area contributed by atoms with Crippen molar-refractivity contribution in [3.63, 3.8) is 0 Å². The molecule has 0 heterocycles. The number of hydrogen-bond donors (Lipinski definition) is 2. The molecule has 0 radical (unpaired) electrons. The minimum atomic E-state index is 0.616. The molecule has 0 aliphatic rings. The van der Waals surface area contributed by atoms with E-state index in [0.717, 1.165) is 49.0 Å². The molecule has 0 spiro atoms. The molecule has 0 fully saturated rings. The van der Waals surface area contributed by atoms with Crippen molar-refractivity contribution in [3.05, 3.63) is 59.7 Å². The van der Waals surface area contributed by atoms with Gasteiger partial charge < -0.3 is 20.1 Å². The van der Waals surface area contributed by atoms with Gasteiger partial charge in [0.15, 0.2) is 5.96 Å². The summed E-state index contributed by atoms with van der Waals surface area (Å²) in [5.74, 6) is 2.59. The first-order valence-corrected chi connectivity index (χ1v) is 9.03. The molecular formula is C21H29N3O2. The number of ether oxygens (including phenoxy) is 2. The number of guanidine groups is 1. The minimum Gasteiger partial charge on any atom is -0.497 e. The normalized spacial score (nSPS) is 11.1. The molecule has 140 valence electrons. The summed E-state index contributed by atoms with van der Waals surface area (Å²) in [6.45, 7) is 4.39. The van der Waals surface area contributed by atoms with Gasteiger partial charge in [0, 0.05) is 13.1 Å². The summed E-state index contributed by atoms with van der Waals surface area (Å²) in [5, 5.41) is 6.68. The molecule has 2 aromatic rings. The standard InChI is InChI=1S/C21H29N3O2/c1-4-22-21(24-16-18-7-5-9-20(15-18)26-3)23-14-6-8-17-10-12-19(25-2)13-11-17/h5,7,9-13,15H,4,6,8,14,16H2,1-3H3,(H2,22,23,24). The van der Waals surface area contributed by atoms with Crippen LogP contribution < -0.4 is 20.1 Å². The highest BCUT2D eigenvalue weighted by Gasteiger charge is 2.00. The fourth-order valence-electron chi connectivity index (χ4n) is 2.57. The van der Waals surface area contributed by atoms with Gasteiger partial charge in [-0.15, -0.1) is 0 Å².